The second-order valence-electron chi connectivity index (χ2n) is 11.2. The molecule has 0 aliphatic heterocycles. The van der Waals surface area contributed by atoms with Crippen LogP contribution in [0.15, 0.2) is 10.6 Å². The summed E-state index contributed by atoms with van der Waals surface area (Å²) in [6.07, 6.45) is 6.40. The lowest BCUT2D eigenvalue weighted by atomic mass is 9.53. The molecule has 1 saturated carbocycles. The maximum Gasteiger partial charge on any atom is 0.310 e. The maximum absolute atomic E-state index is 14.2. The van der Waals surface area contributed by atoms with Gasteiger partial charge in [0.1, 0.15) is 5.76 Å². The minimum Gasteiger partial charge on any atom is -0.361 e. The molecule has 3 nitrogen and oxygen atoms in total. The predicted molar refractivity (Wildman–Crippen MR) is 119 cm³/mol. The molecule has 1 unspecified atom stereocenters. The number of rotatable bonds is 7. The molecule has 1 heterocycles. The van der Waals surface area contributed by atoms with E-state index in [0.717, 1.165) is 31.2 Å². The van der Waals surface area contributed by atoms with E-state index in [2.05, 4.69) is 32.0 Å². The van der Waals surface area contributed by atoms with Crippen LogP contribution in [0, 0.1) is 16.2 Å². The second-order valence-corrected chi connectivity index (χ2v) is 11.2. The molecule has 0 N–H and O–H groups in total. The van der Waals surface area contributed by atoms with Gasteiger partial charge in [-0.05, 0) is 36.5 Å². The van der Waals surface area contributed by atoms with E-state index in [1.807, 2.05) is 27.7 Å². The molecule has 2 rings (SSSR count). The van der Waals surface area contributed by atoms with E-state index in [0.29, 0.717) is 18.8 Å². The molecular weight excluding hydrogens is 384 g/mol. The highest BCUT2D eigenvalue weighted by atomic mass is 19.3. The van der Waals surface area contributed by atoms with Crippen LogP contribution in [0.5, 0.6) is 0 Å². The lowest BCUT2D eigenvalue weighted by Crippen LogP contribution is -2.52. The third kappa shape index (κ3) is 6.88. The number of carbonyl (C=O) groups is 1. The zero-order valence-corrected chi connectivity index (χ0v) is 20.6. The van der Waals surface area contributed by atoms with Gasteiger partial charge in [0, 0.05) is 30.7 Å². The highest BCUT2D eigenvalue weighted by molar-refractivity contribution is 5.84. The number of halogens is 2. The average molecular weight is 428 g/mol. The summed E-state index contributed by atoms with van der Waals surface area (Å²) >= 11 is 0. The van der Waals surface area contributed by atoms with E-state index in [9.17, 15) is 13.6 Å². The second kappa shape index (κ2) is 9.91. The van der Waals surface area contributed by atoms with E-state index in [1.54, 1.807) is 6.92 Å². The summed E-state index contributed by atoms with van der Waals surface area (Å²) in [5, 5.41) is 4.06. The maximum atomic E-state index is 14.2. The van der Waals surface area contributed by atoms with Gasteiger partial charge in [-0.3, -0.25) is 4.79 Å². The van der Waals surface area contributed by atoms with Crippen LogP contribution in [-0.2, 0) is 11.2 Å². The molecule has 0 saturated heterocycles. The largest absolute Gasteiger partial charge is 0.361 e. The van der Waals surface area contributed by atoms with Crippen molar-refractivity contribution in [3.63, 3.8) is 0 Å². The lowest BCUT2D eigenvalue weighted by molar-refractivity contribution is -0.182. The number of Topliss-reactive ketones (excluding diaryl/α,β-unsaturated/α-hetero) is 1. The van der Waals surface area contributed by atoms with Crippen molar-refractivity contribution in [1.29, 1.82) is 0 Å². The highest BCUT2D eigenvalue weighted by Gasteiger charge is 2.59. The minimum atomic E-state index is -3.22. The summed E-state index contributed by atoms with van der Waals surface area (Å²) in [6, 6.07) is 2.08. The van der Waals surface area contributed by atoms with Crippen molar-refractivity contribution < 1.29 is 18.1 Å². The quantitative estimate of drug-likeness (QED) is 0.443. The van der Waals surface area contributed by atoms with Crippen molar-refractivity contribution in [2.24, 2.45) is 16.2 Å². The molecule has 0 radical (unpaired) electrons. The van der Waals surface area contributed by atoms with Crippen LogP contribution in [-0.4, -0.2) is 16.9 Å². The van der Waals surface area contributed by atoms with Crippen LogP contribution in [0.1, 0.15) is 118 Å². The van der Waals surface area contributed by atoms with Gasteiger partial charge in [0.05, 0.1) is 5.69 Å². The molecule has 1 aromatic heterocycles. The van der Waals surface area contributed by atoms with Gasteiger partial charge in [-0.1, -0.05) is 73.4 Å². The minimum absolute atomic E-state index is 0.143. The topological polar surface area (TPSA) is 43.1 Å². The van der Waals surface area contributed by atoms with Gasteiger partial charge in [-0.15, -0.1) is 0 Å². The summed E-state index contributed by atoms with van der Waals surface area (Å²) in [5.74, 6) is -2.68. The van der Waals surface area contributed by atoms with E-state index < -0.39 is 17.1 Å². The van der Waals surface area contributed by atoms with Gasteiger partial charge in [0.2, 0.25) is 0 Å². The Labute approximate surface area is 182 Å². The van der Waals surface area contributed by atoms with E-state index in [1.165, 1.54) is 19.3 Å². The molecule has 1 aromatic rings. The summed E-state index contributed by atoms with van der Waals surface area (Å²) in [6.45, 7) is 17.1. The number of hydrogen-bond acceptors (Lipinski definition) is 3. The first-order valence-corrected chi connectivity index (χ1v) is 11.4. The smallest absolute Gasteiger partial charge is 0.310 e. The Bertz CT molecular complexity index is 675. The molecule has 1 aliphatic carbocycles. The monoisotopic (exact) mass is 427 g/mol. The third-order valence-corrected chi connectivity index (χ3v) is 6.32. The normalized spacial score (nSPS) is 20.8. The summed E-state index contributed by atoms with van der Waals surface area (Å²) in [4.78, 5) is 11.2. The number of aryl methyl sites for hydroxylation is 1. The van der Waals surface area contributed by atoms with Crippen LogP contribution < -0.4 is 0 Å². The number of carbonyl (C=O) groups excluding carboxylic acids is 1. The van der Waals surface area contributed by atoms with Crippen LogP contribution >= 0.6 is 0 Å². The number of nitrogens with zero attached hydrogens (tertiary/aromatic N) is 1. The fourth-order valence-corrected chi connectivity index (χ4v) is 5.63. The van der Waals surface area contributed by atoms with E-state index in [4.69, 9.17) is 4.52 Å². The number of ketones is 1. The highest BCUT2D eigenvalue weighted by Crippen LogP contribution is 2.59. The van der Waals surface area contributed by atoms with Crippen LogP contribution in [0.3, 0.4) is 0 Å². The zero-order chi connectivity index (χ0) is 23.4. The van der Waals surface area contributed by atoms with Gasteiger partial charge in [0.25, 0.3) is 0 Å². The van der Waals surface area contributed by atoms with Gasteiger partial charge in [-0.25, -0.2) is 0 Å². The first-order chi connectivity index (χ1) is 13.6. The molecule has 174 valence electrons. The molecule has 0 aromatic carbocycles. The summed E-state index contributed by atoms with van der Waals surface area (Å²) in [5.41, 5.74) is -0.389. The molecule has 0 bridgehead atoms. The molecule has 0 amide bonds. The van der Waals surface area contributed by atoms with Crippen molar-refractivity contribution in [2.75, 3.05) is 0 Å². The number of aromatic nitrogens is 1. The molecule has 0 spiro atoms. The van der Waals surface area contributed by atoms with Crippen molar-refractivity contribution >= 4 is 5.78 Å². The van der Waals surface area contributed by atoms with Gasteiger partial charge in [-0.2, -0.15) is 8.78 Å². The zero-order valence-electron chi connectivity index (χ0n) is 20.6. The number of alkyl halides is 2. The van der Waals surface area contributed by atoms with Crippen molar-refractivity contribution in [1.82, 2.24) is 5.16 Å². The standard InChI is InChI=1S/C14H24F2O.C11H19NO/c1-10(17)14(15,16)13(6)8-11(2,3)7-12(4,5)9-13;1-4-6-7-9(3)11-8-10(5-2)13-12-11/h7-9H2,1-6H3;8-9H,4-7H2,1-3H3. The van der Waals surface area contributed by atoms with Gasteiger partial charge < -0.3 is 4.52 Å². The van der Waals surface area contributed by atoms with Crippen molar-refractivity contribution in [3.8, 4) is 0 Å². The molecule has 30 heavy (non-hydrogen) atoms. The molecule has 1 aliphatic rings. The van der Waals surface area contributed by atoms with E-state index in [-0.39, 0.29) is 10.8 Å². The first-order valence-electron chi connectivity index (χ1n) is 11.4. The van der Waals surface area contributed by atoms with Gasteiger partial charge >= 0.3 is 5.92 Å². The Morgan fingerprint density at radius 1 is 1.13 bits per heavy atom. The van der Waals surface area contributed by atoms with Crippen LogP contribution in [0.2, 0.25) is 0 Å². The number of hydrogen-bond donors (Lipinski definition) is 0. The Balaban J connectivity index is 0.000000311. The van der Waals surface area contributed by atoms with Gasteiger partial charge in [0.15, 0.2) is 5.78 Å². The van der Waals surface area contributed by atoms with Crippen LogP contribution in [0.25, 0.3) is 0 Å². The lowest BCUT2D eigenvalue weighted by Gasteiger charge is -2.52. The Morgan fingerprint density at radius 3 is 2.07 bits per heavy atom. The number of unbranched alkanes of at least 4 members (excludes halogenated alkanes) is 1. The molecule has 5 heteroatoms. The SMILES string of the molecule is CC(=O)C(F)(F)C1(C)CC(C)(C)CC(C)(C)C1.CCCCC(C)c1cc(CC)on1. The average Bonchev–Trinajstić information content (AvgIpc) is 3.06. The Hall–Kier alpha value is -1.26. The first kappa shape index (κ1) is 26.8. The summed E-state index contributed by atoms with van der Waals surface area (Å²) in [7, 11) is 0. The fourth-order valence-electron chi connectivity index (χ4n) is 5.63. The molecule has 1 atom stereocenters. The molecule has 1 fully saturated rings. The van der Waals surface area contributed by atoms with Crippen LogP contribution in [0.4, 0.5) is 8.78 Å². The fraction of sp³-hybridized carbons (Fsp3) is 0.840. The Kier molecular flexibility index (Phi) is 8.84. The van der Waals surface area contributed by atoms with Crippen molar-refractivity contribution in [3.05, 3.63) is 17.5 Å². The van der Waals surface area contributed by atoms with Crippen molar-refractivity contribution in [2.45, 2.75) is 119 Å². The Morgan fingerprint density at radius 2 is 1.67 bits per heavy atom. The predicted octanol–water partition coefficient (Wildman–Crippen LogP) is 7.98. The summed E-state index contributed by atoms with van der Waals surface area (Å²) < 4.78 is 33.5. The third-order valence-electron chi connectivity index (χ3n) is 6.32. The van der Waals surface area contributed by atoms with E-state index >= 15 is 0 Å². The molecular formula is C25H43F2NO2.